The lowest BCUT2D eigenvalue weighted by molar-refractivity contribution is -0.149. The molecule has 2 aliphatic rings. The Bertz CT molecular complexity index is 957. The van der Waals surface area contributed by atoms with E-state index in [1.807, 2.05) is 0 Å². The molecule has 1 atom stereocenters. The van der Waals surface area contributed by atoms with Crippen molar-refractivity contribution in [2.75, 3.05) is 19.7 Å². The maximum atomic E-state index is 13.9. The molecule has 0 amide bonds. The van der Waals surface area contributed by atoms with Crippen LogP contribution < -0.4 is 9.47 Å². The van der Waals surface area contributed by atoms with Crippen LogP contribution in [0.3, 0.4) is 0 Å². The molecule has 9 heteroatoms. The Balaban J connectivity index is 1.42. The maximum Gasteiger partial charge on any atom is 0.416 e. The number of hydrogen-bond donors (Lipinski definition) is 1. The van der Waals surface area contributed by atoms with Crippen LogP contribution in [0.2, 0.25) is 0 Å². The molecule has 0 radical (unpaired) electrons. The third kappa shape index (κ3) is 4.07. The standard InChI is InChI=1S/C21H19F4NO4/c22-18-3-1-2-17(21(23,24)25)16(18)11-29-15-5-4-12-6-14(10-30-19(12)7-15)26-8-13(9-26)20(27)28/h1-5,7,13-14H,6,8-11H2,(H,27,28). The topological polar surface area (TPSA) is 59.0 Å². The highest BCUT2D eigenvalue weighted by Gasteiger charge is 2.38. The van der Waals surface area contributed by atoms with Gasteiger partial charge < -0.3 is 14.6 Å². The van der Waals surface area contributed by atoms with Crippen LogP contribution in [0.1, 0.15) is 16.7 Å². The molecule has 5 nitrogen and oxygen atoms in total. The molecular formula is C21H19F4NO4. The lowest BCUT2D eigenvalue weighted by atomic mass is 9.93. The zero-order valence-electron chi connectivity index (χ0n) is 15.8. The van der Waals surface area contributed by atoms with Gasteiger partial charge in [-0.2, -0.15) is 13.2 Å². The molecule has 0 aliphatic carbocycles. The third-order valence-electron chi connectivity index (χ3n) is 5.51. The number of likely N-dealkylation sites (tertiary alicyclic amines) is 1. The zero-order valence-corrected chi connectivity index (χ0v) is 15.8. The second kappa shape index (κ2) is 7.79. The van der Waals surface area contributed by atoms with Crippen molar-refractivity contribution in [3.05, 3.63) is 58.9 Å². The molecular weight excluding hydrogens is 406 g/mol. The summed E-state index contributed by atoms with van der Waals surface area (Å²) in [5.74, 6) is -1.28. The highest BCUT2D eigenvalue weighted by atomic mass is 19.4. The van der Waals surface area contributed by atoms with Gasteiger partial charge in [0.2, 0.25) is 0 Å². The van der Waals surface area contributed by atoms with Crippen molar-refractivity contribution in [1.82, 2.24) is 4.90 Å². The SMILES string of the molecule is O=C(O)C1CN(C2COc3cc(OCc4c(F)cccc4C(F)(F)F)ccc3C2)C1. The largest absolute Gasteiger partial charge is 0.492 e. The first kappa shape index (κ1) is 20.5. The Kier molecular flexibility index (Phi) is 5.31. The molecule has 2 heterocycles. The first-order valence-electron chi connectivity index (χ1n) is 9.42. The van der Waals surface area contributed by atoms with Crippen LogP contribution >= 0.6 is 0 Å². The van der Waals surface area contributed by atoms with Gasteiger partial charge in [-0.15, -0.1) is 0 Å². The van der Waals surface area contributed by atoms with Gasteiger partial charge in [0.15, 0.2) is 0 Å². The van der Waals surface area contributed by atoms with Crippen molar-refractivity contribution in [2.24, 2.45) is 5.92 Å². The number of carboxylic acids is 1. The maximum absolute atomic E-state index is 13.9. The fourth-order valence-electron chi connectivity index (χ4n) is 3.75. The van der Waals surface area contributed by atoms with E-state index < -0.39 is 35.7 Å². The van der Waals surface area contributed by atoms with Gasteiger partial charge in [0.05, 0.1) is 11.5 Å². The van der Waals surface area contributed by atoms with Gasteiger partial charge in [-0.05, 0) is 30.2 Å². The monoisotopic (exact) mass is 425 g/mol. The number of nitrogens with zero attached hydrogens (tertiary/aromatic N) is 1. The number of carboxylic acid groups (broad SMARTS) is 1. The van der Waals surface area contributed by atoms with Gasteiger partial charge in [0.1, 0.15) is 30.5 Å². The Morgan fingerprint density at radius 2 is 2.00 bits per heavy atom. The molecule has 2 aromatic rings. The van der Waals surface area contributed by atoms with E-state index in [-0.39, 0.29) is 17.7 Å². The molecule has 1 unspecified atom stereocenters. The van der Waals surface area contributed by atoms with Crippen LogP contribution in [0.5, 0.6) is 11.5 Å². The van der Waals surface area contributed by atoms with E-state index in [4.69, 9.17) is 14.6 Å². The van der Waals surface area contributed by atoms with Crippen molar-refractivity contribution in [3.63, 3.8) is 0 Å². The summed E-state index contributed by atoms with van der Waals surface area (Å²) < 4.78 is 64.4. The van der Waals surface area contributed by atoms with E-state index in [9.17, 15) is 22.4 Å². The van der Waals surface area contributed by atoms with Gasteiger partial charge in [-0.25, -0.2) is 4.39 Å². The predicted octanol–water partition coefficient (Wildman–Crippen LogP) is 3.74. The molecule has 2 aliphatic heterocycles. The number of ether oxygens (including phenoxy) is 2. The summed E-state index contributed by atoms with van der Waals surface area (Å²) in [5, 5.41) is 8.99. The van der Waals surface area contributed by atoms with E-state index >= 15 is 0 Å². The first-order valence-corrected chi connectivity index (χ1v) is 9.42. The van der Waals surface area contributed by atoms with E-state index in [2.05, 4.69) is 4.90 Å². The number of alkyl halides is 3. The molecule has 1 N–H and O–H groups in total. The summed E-state index contributed by atoms with van der Waals surface area (Å²) in [5.41, 5.74) is -0.706. The minimum Gasteiger partial charge on any atom is -0.492 e. The second-order valence-corrected chi connectivity index (χ2v) is 7.48. The number of aliphatic carboxylic acids is 1. The van der Waals surface area contributed by atoms with E-state index in [0.29, 0.717) is 31.9 Å². The number of halogens is 4. The molecule has 1 fully saturated rings. The molecule has 0 saturated carbocycles. The number of fused-ring (bicyclic) bond motifs is 1. The Hall–Kier alpha value is -2.81. The number of benzene rings is 2. The van der Waals surface area contributed by atoms with Crippen LogP contribution in [-0.4, -0.2) is 41.7 Å². The third-order valence-corrected chi connectivity index (χ3v) is 5.51. The fourth-order valence-corrected chi connectivity index (χ4v) is 3.75. The summed E-state index contributed by atoms with van der Waals surface area (Å²) in [6, 6.07) is 7.83. The van der Waals surface area contributed by atoms with Crippen molar-refractivity contribution in [3.8, 4) is 11.5 Å². The summed E-state index contributed by atoms with van der Waals surface area (Å²) in [6.45, 7) is 0.801. The van der Waals surface area contributed by atoms with Crippen molar-refractivity contribution >= 4 is 5.97 Å². The minimum absolute atomic E-state index is 0.0765. The number of rotatable bonds is 5. The molecule has 4 rings (SSSR count). The second-order valence-electron chi connectivity index (χ2n) is 7.48. The summed E-state index contributed by atoms with van der Waals surface area (Å²) >= 11 is 0. The van der Waals surface area contributed by atoms with Gasteiger partial charge in [0.25, 0.3) is 0 Å². The van der Waals surface area contributed by atoms with Crippen LogP contribution in [0.4, 0.5) is 17.6 Å². The highest BCUT2D eigenvalue weighted by Crippen LogP contribution is 2.35. The van der Waals surface area contributed by atoms with Crippen LogP contribution in [-0.2, 0) is 24.0 Å². The Labute approximate surface area is 169 Å². The van der Waals surface area contributed by atoms with Gasteiger partial charge in [0, 0.05) is 30.8 Å². The van der Waals surface area contributed by atoms with Crippen molar-refractivity contribution in [1.29, 1.82) is 0 Å². The smallest absolute Gasteiger partial charge is 0.416 e. The number of hydrogen-bond acceptors (Lipinski definition) is 4. The molecule has 30 heavy (non-hydrogen) atoms. The molecule has 1 saturated heterocycles. The van der Waals surface area contributed by atoms with Crippen LogP contribution in [0.25, 0.3) is 0 Å². The highest BCUT2D eigenvalue weighted by molar-refractivity contribution is 5.71. The molecule has 0 bridgehead atoms. The Morgan fingerprint density at radius 1 is 1.23 bits per heavy atom. The summed E-state index contributed by atoms with van der Waals surface area (Å²) in [4.78, 5) is 13.0. The van der Waals surface area contributed by atoms with Gasteiger partial charge in [-0.3, -0.25) is 9.69 Å². The summed E-state index contributed by atoms with van der Waals surface area (Å²) in [7, 11) is 0. The normalized spacial score (nSPS) is 19.5. The first-order chi connectivity index (χ1) is 14.2. The average Bonchev–Trinajstić information content (AvgIpc) is 2.64. The van der Waals surface area contributed by atoms with Crippen molar-refractivity contribution < 1.29 is 36.9 Å². The molecule has 160 valence electrons. The van der Waals surface area contributed by atoms with E-state index in [0.717, 1.165) is 23.8 Å². The molecule has 0 aromatic heterocycles. The van der Waals surface area contributed by atoms with Gasteiger partial charge in [-0.1, -0.05) is 12.1 Å². The van der Waals surface area contributed by atoms with E-state index in [1.54, 1.807) is 18.2 Å². The van der Waals surface area contributed by atoms with Gasteiger partial charge >= 0.3 is 12.1 Å². The average molecular weight is 425 g/mol. The fraction of sp³-hybridized carbons (Fsp3) is 0.381. The molecule has 2 aromatic carbocycles. The molecule has 0 spiro atoms. The zero-order chi connectivity index (χ0) is 21.5. The minimum atomic E-state index is -4.68. The number of carbonyl (C=O) groups is 1. The van der Waals surface area contributed by atoms with E-state index in [1.165, 1.54) is 0 Å². The van der Waals surface area contributed by atoms with Crippen molar-refractivity contribution in [2.45, 2.75) is 25.2 Å². The summed E-state index contributed by atoms with van der Waals surface area (Å²) in [6.07, 6.45) is -4.00. The quantitative estimate of drug-likeness (QED) is 0.740. The lowest BCUT2D eigenvalue weighted by Gasteiger charge is -2.43. The van der Waals surface area contributed by atoms with Crippen LogP contribution in [0, 0.1) is 11.7 Å². The van der Waals surface area contributed by atoms with Crippen LogP contribution in [0.15, 0.2) is 36.4 Å². The Morgan fingerprint density at radius 3 is 2.70 bits per heavy atom. The lowest BCUT2D eigenvalue weighted by Crippen LogP contribution is -2.57. The predicted molar refractivity (Wildman–Crippen MR) is 97.9 cm³/mol.